The Kier molecular flexibility index (Phi) is 9.45. The fourth-order valence-corrected chi connectivity index (χ4v) is 3.52. The molecule has 0 spiro atoms. The van der Waals surface area contributed by atoms with Crippen LogP contribution in [0.15, 0.2) is 30.3 Å². The van der Waals surface area contributed by atoms with E-state index in [1.54, 1.807) is 13.8 Å². The van der Waals surface area contributed by atoms with Crippen molar-refractivity contribution in [3.8, 4) is 0 Å². The number of hydrogen-bond donors (Lipinski definition) is 1. The molecule has 170 valence electrons. The smallest absolute Gasteiger partial charge is 0.377 e. The monoisotopic (exact) mass is 434 g/mol. The second-order valence-electron chi connectivity index (χ2n) is 7.38. The van der Waals surface area contributed by atoms with E-state index < -0.39 is 36.0 Å². The summed E-state index contributed by atoms with van der Waals surface area (Å²) in [6.45, 7) is 5.09. The second-order valence-corrected chi connectivity index (χ2v) is 7.38. The van der Waals surface area contributed by atoms with Crippen molar-refractivity contribution >= 4 is 23.8 Å². The summed E-state index contributed by atoms with van der Waals surface area (Å²) in [4.78, 5) is 58.6. The third-order valence-corrected chi connectivity index (χ3v) is 5.01. The van der Waals surface area contributed by atoms with Crippen LogP contribution in [0.1, 0.15) is 45.6 Å². The number of rotatable bonds is 9. The van der Waals surface area contributed by atoms with Gasteiger partial charge in [0.1, 0.15) is 12.1 Å². The number of amides is 1. The number of carbonyl (C=O) groups is 4. The molecule has 1 aliphatic rings. The van der Waals surface area contributed by atoms with Gasteiger partial charge in [-0.05, 0) is 45.1 Å². The molecule has 1 N–H and O–H groups in total. The topological polar surface area (TPSA) is 111 Å². The van der Waals surface area contributed by atoms with Crippen molar-refractivity contribution in [1.29, 1.82) is 0 Å². The van der Waals surface area contributed by atoms with E-state index in [4.69, 9.17) is 4.74 Å². The second kappa shape index (κ2) is 12.0. The van der Waals surface area contributed by atoms with Gasteiger partial charge in [-0.2, -0.15) is 0 Å². The normalized spacial score (nSPS) is 17.5. The Morgan fingerprint density at radius 1 is 1.16 bits per heavy atom. The predicted octanol–water partition coefficient (Wildman–Crippen LogP) is 1.54. The van der Waals surface area contributed by atoms with Crippen molar-refractivity contribution in [3.05, 3.63) is 35.9 Å². The van der Waals surface area contributed by atoms with Crippen molar-refractivity contribution in [2.75, 3.05) is 13.2 Å². The number of ether oxygens (including phenoxy) is 1. The number of nitrogens with zero attached hydrogens (tertiary/aromatic N) is 1. The maximum absolute atomic E-state index is 13.0. The first-order chi connectivity index (χ1) is 14.8. The zero-order chi connectivity index (χ0) is 22.8. The van der Waals surface area contributed by atoms with Crippen molar-refractivity contribution in [2.24, 2.45) is 0 Å². The lowest BCUT2D eigenvalue weighted by atomic mass is 10.0. The molecule has 0 aliphatic carbocycles. The molecule has 0 radical (unpaired) electrons. The molecule has 1 amide bonds. The van der Waals surface area contributed by atoms with E-state index in [0.717, 1.165) is 12.5 Å². The number of esters is 1. The lowest BCUT2D eigenvalue weighted by Crippen LogP contribution is -2.53. The highest BCUT2D eigenvalue weighted by Crippen LogP contribution is 2.20. The van der Waals surface area contributed by atoms with E-state index in [2.05, 4.69) is 15.1 Å². The van der Waals surface area contributed by atoms with Crippen LogP contribution in [0.3, 0.4) is 0 Å². The molecule has 1 unspecified atom stereocenters. The number of carbonyl (C=O) groups excluding carboxylic acids is 4. The maximum Gasteiger partial charge on any atom is 0.377 e. The highest BCUT2D eigenvalue weighted by Gasteiger charge is 2.38. The molecule has 1 fully saturated rings. The van der Waals surface area contributed by atoms with Gasteiger partial charge >= 0.3 is 17.9 Å². The first kappa shape index (κ1) is 24.3. The first-order valence-corrected chi connectivity index (χ1v) is 10.5. The Labute approximate surface area is 181 Å². The van der Waals surface area contributed by atoms with Crippen LogP contribution >= 0.6 is 0 Å². The molecule has 1 aliphatic heterocycles. The molecule has 2 rings (SSSR count). The van der Waals surface area contributed by atoms with E-state index in [9.17, 15) is 19.2 Å². The number of benzene rings is 1. The molecule has 0 aromatic heterocycles. The van der Waals surface area contributed by atoms with Crippen LogP contribution in [0.4, 0.5) is 0 Å². The van der Waals surface area contributed by atoms with E-state index in [1.807, 2.05) is 30.3 Å². The third kappa shape index (κ3) is 7.36. The summed E-state index contributed by atoms with van der Waals surface area (Å²) in [5.74, 6) is -2.31. The predicted molar refractivity (Wildman–Crippen MR) is 110 cm³/mol. The van der Waals surface area contributed by atoms with Crippen LogP contribution in [-0.2, 0) is 40.1 Å². The molecule has 0 bridgehead atoms. The van der Waals surface area contributed by atoms with Gasteiger partial charge in [-0.15, -0.1) is 0 Å². The van der Waals surface area contributed by atoms with Gasteiger partial charge in [-0.25, -0.2) is 19.4 Å². The van der Waals surface area contributed by atoms with Crippen LogP contribution in [0.25, 0.3) is 0 Å². The highest BCUT2D eigenvalue weighted by atomic mass is 17.2. The van der Waals surface area contributed by atoms with Crippen LogP contribution in [0.5, 0.6) is 0 Å². The van der Waals surface area contributed by atoms with Crippen LogP contribution in [0.2, 0.25) is 0 Å². The van der Waals surface area contributed by atoms with E-state index in [-0.39, 0.29) is 12.5 Å². The van der Waals surface area contributed by atoms with E-state index in [1.165, 1.54) is 4.90 Å². The summed E-state index contributed by atoms with van der Waals surface area (Å²) in [5, 5.41) is 3.05. The lowest BCUT2D eigenvalue weighted by molar-refractivity contribution is -0.260. The molecule has 3 atom stereocenters. The Hall–Kier alpha value is -2.94. The number of nitrogens with one attached hydrogen (secondary N) is 1. The van der Waals surface area contributed by atoms with Crippen LogP contribution in [0, 0.1) is 0 Å². The summed E-state index contributed by atoms with van der Waals surface area (Å²) in [6, 6.07) is 7.49. The summed E-state index contributed by atoms with van der Waals surface area (Å²) < 4.78 is 5.16. The van der Waals surface area contributed by atoms with E-state index in [0.29, 0.717) is 32.2 Å². The van der Waals surface area contributed by atoms with Gasteiger partial charge in [0.2, 0.25) is 5.91 Å². The largest absolute Gasteiger partial charge is 0.465 e. The summed E-state index contributed by atoms with van der Waals surface area (Å²) in [6.07, 6.45) is 2.12. The molecule has 9 heteroatoms. The number of hydrogen-bond acceptors (Lipinski definition) is 8. The molecule has 1 heterocycles. The third-order valence-electron chi connectivity index (χ3n) is 5.01. The minimum atomic E-state index is -0.832. The Morgan fingerprint density at radius 2 is 1.87 bits per heavy atom. The van der Waals surface area contributed by atoms with Crippen molar-refractivity contribution in [3.63, 3.8) is 0 Å². The van der Waals surface area contributed by atoms with Gasteiger partial charge in [-0.1, -0.05) is 30.3 Å². The van der Waals surface area contributed by atoms with Gasteiger partial charge in [-0.3, -0.25) is 14.9 Å². The number of aryl methyl sites for hydroxylation is 1. The first-order valence-electron chi connectivity index (χ1n) is 10.5. The average molecular weight is 434 g/mol. The Balaban J connectivity index is 2.00. The zero-order valence-corrected chi connectivity index (χ0v) is 18.2. The fourth-order valence-electron chi connectivity index (χ4n) is 3.52. The lowest BCUT2D eigenvalue weighted by Gasteiger charge is -2.28. The quantitative estimate of drug-likeness (QED) is 0.354. The van der Waals surface area contributed by atoms with Gasteiger partial charge in [0, 0.05) is 13.5 Å². The Bertz CT molecular complexity index is 768. The fraction of sp³-hybridized carbons (Fsp3) is 0.545. The van der Waals surface area contributed by atoms with Gasteiger partial charge in [0.05, 0.1) is 12.6 Å². The summed E-state index contributed by atoms with van der Waals surface area (Å²) >= 11 is 0. The average Bonchev–Trinajstić information content (AvgIpc) is 3.25. The molecule has 1 saturated heterocycles. The molecule has 0 saturated carbocycles. The molecule has 31 heavy (non-hydrogen) atoms. The van der Waals surface area contributed by atoms with Crippen molar-refractivity contribution < 1.29 is 33.7 Å². The van der Waals surface area contributed by atoms with Crippen LogP contribution in [-0.4, -0.2) is 60.0 Å². The molecule has 1 aromatic rings. The summed E-state index contributed by atoms with van der Waals surface area (Å²) in [5.41, 5.74) is 1.07. The molecule has 9 nitrogen and oxygen atoms in total. The summed E-state index contributed by atoms with van der Waals surface area (Å²) in [7, 11) is 0. The minimum Gasteiger partial charge on any atom is -0.465 e. The van der Waals surface area contributed by atoms with Crippen molar-refractivity contribution in [2.45, 2.75) is 64.6 Å². The van der Waals surface area contributed by atoms with Crippen molar-refractivity contribution in [1.82, 2.24) is 10.2 Å². The van der Waals surface area contributed by atoms with Gasteiger partial charge in [0.25, 0.3) is 0 Å². The van der Waals surface area contributed by atoms with E-state index >= 15 is 0 Å². The molecular weight excluding hydrogens is 404 g/mol. The Morgan fingerprint density at radius 3 is 2.52 bits per heavy atom. The van der Waals surface area contributed by atoms with Gasteiger partial charge in [0.15, 0.2) is 0 Å². The minimum absolute atomic E-state index is 0.237. The molecule has 1 aromatic carbocycles. The zero-order valence-electron chi connectivity index (χ0n) is 18.2. The standard InChI is InChI=1S/C22H30N2O7/c1-4-29-21(27)18(13-12-17-9-6-5-7-10-17)23-15(2)20(26)24-14-8-11-19(24)22(28)31-30-16(3)25/h5-7,9-10,15,18-19,23H,4,8,11-14H2,1-3H3/t15?,18-,19-/m0/s1. The number of likely N-dealkylation sites (tertiary alicyclic amines) is 1. The molecular formula is C22H30N2O7. The highest BCUT2D eigenvalue weighted by molar-refractivity contribution is 5.88. The SMILES string of the molecule is CCOC(=O)[C@H](CCc1ccccc1)NC(C)C(=O)N1CCC[C@H]1C(=O)OOC(C)=O. The van der Waals surface area contributed by atoms with Crippen LogP contribution < -0.4 is 5.32 Å². The maximum atomic E-state index is 13.0. The van der Waals surface area contributed by atoms with Gasteiger partial charge < -0.3 is 9.64 Å².